The smallest absolute Gasteiger partial charge is 0.146 e. The van der Waals surface area contributed by atoms with Crippen LogP contribution in [0.25, 0.3) is 10.8 Å². The van der Waals surface area contributed by atoms with Crippen LogP contribution in [0, 0.1) is 5.82 Å². The van der Waals surface area contributed by atoms with Gasteiger partial charge in [-0.25, -0.2) is 4.39 Å². The fourth-order valence-corrected chi connectivity index (χ4v) is 3.75. The fourth-order valence-electron chi connectivity index (χ4n) is 3.75. The van der Waals surface area contributed by atoms with Gasteiger partial charge in [0.05, 0.1) is 12.8 Å². The van der Waals surface area contributed by atoms with Crippen LogP contribution < -0.4 is 9.64 Å². The van der Waals surface area contributed by atoms with E-state index in [-0.39, 0.29) is 5.82 Å². The molecule has 1 heterocycles. The van der Waals surface area contributed by atoms with Gasteiger partial charge in [-0.05, 0) is 29.0 Å². The Morgan fingerprint density at radius 1 is 0.885 bits per heavy atom. The van der Waals surface area contributed by atoms with Gasteiger partial charge in [0, 0.05) is 38.3 Å². The number of benzene rings is 3. The van der Waals surface area contributed by atoms with Gasteiger partial charge < -0.3 is 9.64 Å². The van der Waals surface area contributed by atoms with Crippen LogP contribution in [-0.4, -0.2) is 38.2 Å². The summed E-state index contributed by atoms with van der Waals surface area (Å²) < 4.78 is 19.6. The van der Waals surface area contributed by atoms with Crippen molar-refractivity contribution in [3.8, 4) is 5.75 Å². The monoisotopic (exact) mass is 350 g/mol. The van der Waals surface area contributed by atoms with Gasteiger partial charge in [-0.2, -0.15) is 0 Å². The van der Waals surface area contributed by atoms with Crippen LogP contribution in [0.1, 0.15) is 5.56 Å². The molecular formula is C22H23FN2O. The number of halogens is 1. The van der Waals surface area contributed by atoms with Crippen LogP contribution in [-0.2, 0) is 6.54 Å². The number of ether oxygens (including phenoxy) is 1. The van der Waals surface area contributed by atoms with Crippen LogP contribution in [0.4, 0.5) is 10.1 Å². The predicted molar refractivity (Wildman–Crippen MR) is 104 cm³/mol. The standard InChI is InChI=1S/C22H23FN2O/c1-26-22-11-10-17-6-2-3-7-18(17)19(22)16-24-12-14-25(15-13-24)21-9-5-4-8-20(21)23/h2-11H,12-16H2,1H3. The lowest BCUT2D eigenvalue weighted by atomic mass is 10.0. The molecule has 0 aliphatic carbocycles. The maximum absolute atomic E-state index is 14.0. The number of anilines is 1. The van der Waals surface area contributed by atoms with E-state index in [1.807, 2.05) is 18.2 Å². The Balaban J connectivity index is 1.51. The molecular weight excluding hydrogens is 327 g/mol. The van der Waals surface area contributed by atoms with Crippen LogP contribution in [0.5, 0.6) is 5.75 Å². The van der Waals surface area contributed by atoms with Crippen LogP contribution in [0.2, 0.25) is 0 Å². The zero-order chi connectivity index (χ0) is 17.9. The molecule has 134 valence electrons. The summed E-state index contributed by atoms with van der Waals surface area (Å²) in [7, 11) is 1.73. The highest BCUT2D eigenvalue weighted by atomic mass is 19.1. The number of rotatable bonds is 4. The number of piperazine rings is 1. The molecule has 0 radical (unpaired) electrons. The van der Waals surface area contributed by atoms with Crippen LogP contribution >= 0.6 is 0 Å². The average Bonchev–Trinajstić information content (AvgIpc) is 2.69. The second-order valence-electron chi connectivity index (χ2n) is 6.68. The minimum atomic E-state index is -0.142. The van der Waals surface area contributed by atoms with Gasteiger partial charge >= 0.3 is 0 Å². The largest absolute Gasteiger partial charge is 0.496 e. The first-order chi connectivity index (χ1) is 12.8. The van der Waals surface area contributed by atoms with Crippen molar-refractivity contribution < 1.29 is 9.13 Å². The maximum atomic E-state index is 14.0. The van der Waals surface area contributed by atoms with Crippen molar-refractivity contribution in [1.29, 1.82) is 0 Å². The first-order valence-corrected chi connectivity index (χ1v) is 9.03. The molecule has 1 aliphatic heterocycles. The number of methoxy groups -OCH3 is 1. The number of hydrogen-bond donors (Lipinski definition) is 0. The molecule has 0 atom stereocenters. The van der Waals surface area contributed by atoms with E-state index in [2.05, 4.69) is 40.1 Å². The number of nitrogens with zero attached hydrogens (tertiary/aromatic N) is 2. The SMILES string of the molecule is COc1ccc2ccccc2c1CN1CCN(c2ccccc2F)CC1. The molecule has 3 aromatic rings. The van der Waals surface area contributed by atoms with Crippen molar-refractivity contribution in [3.05, 3.63) is 72.0 Å². The molecule has 0 bridgehead atoms. The average molecular weight is 350 g/mol. The molecule has 0 aromatic heterocycles. The lowest BCUT2D eigenvalue weighted by Gasteiger charge is -2.36. The van der Waals surface area contributed by atoms with E-state index in [1.54, 1.807) is 13.2 Å². The number of hydrogen-bond acceptors (Lipinski definition) is 3. The third-order valence-electron chi connectivity index (χ3n) is 5.16. The molecule has 0 spiro atoms. The topological polar surface area (TPSA) is 15.7 Å². The van der Waals surface area contributed by atoms with Gasteiger partial charge in [0.1, 0.15) is 11.6 Å². The van der Waals surface area contributed by atoms with Gasteiger partial charge in [0.2, 0.25) is 0 Å². The summed E-state index contributed by atoms with van der Waals surface area (Å²) in [6.45, 7) is 4.30. The van der Waals surface area contributed by atoms with Crippen molar-refractivity contribution in [2.24, 2.45) is 0 Å². The Morgan fingerprint density at radius 3 is 2.38 bits per heavy atom. The Morgan fingerprint density at radius 2 is 1.62 bits per heavy atom. The first kappa shape index (κ1) is 16.9. The summed E-state index contributed by atoms with van der Waals surface area (Å²) in [6.07, 6.45) is 0. The molecule has 26 heavy (non-hydrogen) atoms. The highest BCUT2D eigenvalue weighted by Gasteiger charge is 2.21. The van der Waals surface area contributed by atoms with E-state index in [1.165, 1.54) is 22.4 Å². The molecule has 0 saturated carbocycles. The molecule has 1 fully saturated rings. The van der Waals surface area contributed by atoms with E-state index in [0.29, 0.717) is 5.69 Å². The summed E-state index contributed by atoms with van der Waals surface area (Å²) in [4.78, 5) is 4.55. The summed E-state index contributed by atoms with van der Waals surface area (Å²) in [5.41, 5.74) is 1.93. The van der Waals surface area contributed by atoms with Gasteiger partial charge in [-0.15, -0.1) is 0 Å². The molecule has 3 nitrogen and oxygen atoms in total. The van der Waals surface area contributed by atoms with Crippen LogP contribution in [0.3, 0.4) is 0 Å². The van der Waals surface area contributed by atoms with Crippen molar-refractivity contribution in [3.63, 3.8) is 0 Å². The molecule has 0 amide bonds. The summed E-state index contributed by atoms with van der Waals surface area (Å²) in [6, 6.07) is 19.6. The second kappa shape index (κ2) is 7.34. The van der Waals surface area contributed by atoms with Gasteiger partial charge in [-0.3, -0.25) is 4.90 Å². The normalized spacial score (nSPS) is 15.4. The Kier molecular flexibility index (Phi) is 4.76. The zero-order valence-electron chi connectivity index (χ0n) is 15.0. The third kappa shape index (κ3) is 3.25. The molecule has 0 unspecified atom stereocenters. The molecule has 4 rings (SSSR count). The first-order valence-electron chi connectivity index (χ1n) is 9.03. The minimum Gasteiger partial charge on any atom is -0.496 e. The summed E-state index contributed by atoms with van der Waals surface area (Å²) in [5, 5.41) is 2.47. The number of fused-ring (bicyclic) bond motifs is 1. The quantitative estimate of drug-likeness (QED) is 0.697. The molecule has 1 aliphatic rings. The minimum absolute atomic E-state index is 0.142. The molecule has 3 aromatic carbocycles. The lowest BCUT2D eigenvalue weighted by Crippen LogP contribution is -2.46. The van der Waals surface area contributed by atoms with Crippen molar-refractivity contribution in [2.75, 3.05) is 38.2 Å². The highest BCUT2D eigenvalue weighted by Crippen LogP contribution is 2.30. The summed E-state index contributed by atoms with van der Waals surface area (Å²) >= 11 is 0. The van der Waals surface area contributed by atoms with Gasteiger partial charge in [0.25, 0.3) is 0 Å². The molecule has 0 N–H and O–H groups in total. The Hall–Kier alpha value is -2.59. The van der Waals surface area contributed by atoms with E-state index < -0.39 is 0 Å². The lowest BCUT2D eigenvalue weighted by molar-refractivity contribution is 0.246. The van der Waals surface area contributed by atoms with Crippen molar-refractivity contribution in [1.82, 2.24) is 4.90 Å². The predicted octanol–water partition coefficient (Wildman–Crippen LogP) is 4.31. The number of para-hydroxylation sites is 1. The van der Waals surface area contributed by atoms with Gasteiger partial charge in [0.15, 0.2) is 0 Å². The molecule has 1 saturated heterocycles. The van der Waals surface area contributed by atoms with Crippen molar-refractivity contribution >= 4 is 16.5 Å². The Bertz CT molecular complexity index is 904. The van der Waals surface area contributed by atoms with E-state index in [0.717, 1.165) is 38.5 Å². The van der Waals surface area contributed by atoms with Crippen molar-refractivity contribution in [2.45, 2.75) is 6.54 Å². The van der Waals surface area contributed by atoms with E-state index >= 15 is 0 Å². The van der Waals surface area contributed by atoms with E-state index in [4.69, 9.17) is 4.74 Å². The van der Waals surface area contributed by atoms with Gasteiger partial charge in [-0.1, -0.05) is 42.5 Å². The summed E-state index contributed by atoms with van der Waals surface area (Å²) in [5.74, 6) is 0.789. The fraction of sp³-hybridized carbons (Fsp3) is 0.273. The maximum Gasteiger partial charge on any atom is 0.146 e. The Labute approximate surface area is 153 Å². The second-order valence-corrected chi connectivity index (χ2v) is 6.68. The molecule has 4 heteroatoms. The zero-order valence-corrected chi connectivity index (χ0v) is 15.0. The van der Waals surface area contributed by atoms with Crippen LogP contribution in [0.15, 0.2) is 60.7 Å². The highest BCUT2D eigenvalue weighted by molar-refractivity contribution is 5.87. The third-order valence-corrected chi connectivity index (χ3v) is 5.16. The van der Waals surface area contributed by atoms with E-state index in [9.17, 15) is 4.39 Å².